The molecule has 28 heavy (non-hydrogen) atoms. The van der Waals surface area contributed by atoms with Gasteiger partial charge in [-0.3, -0.25) is 9.69 Å². The predicted octanol–water partition coefficient (Wildman–Crippen LogP) is 2.48. The molecule has 1 aromatic heterocycles. The van der Waals surface area contributed by atoms with E-state index in [1.165, 1.54) is 10.5 Å². The Labute approximate surface area is 169 Å². The van der Waals surface area contributed by atoms with Crippen LogP contribution >= 0.6 is 11.3 Å². The number of hydrogen-bond donors (Lipinski definition) is 1. The molecule has 3 aromatic rings. The van der Waals surface area contributed by atoms with Gasteiger partial charge in [0.25, 0.3) is 5.91 Å². The molecule has 2 heterocycles. The van der Waals surface area contributed by atoms with E-state index in [9.17, 15) is 4.79 Å². The van der Waals surface area contributed by atoms with Crippen LogP contribution in [0.2, 0.25) is 0 Å². The molecular weight excluding hydrogens is 370 g/mol. The highest BCUT2D eigenvalue weighted by atomic mass is 32.1. The van der Waals surface area contributed by atoms with Gasteiger partial charge >= 0.3 is 0 Å². The Bertz CT molecular complexity index is 979. The van der Waals surface area contributed by atoms with E-state index >= 15 is 0 Å². The van der Waals surface area contributed by atoms with Gasteiger partial charge < -0.3 is 9.64 Å². The van der Waals surface area contributed by atoms with E-state index in [1.807, 2.05) is 42.2 Å². The zero-order valence-corrected chi connectivity index (χ0v) is 17.2. The van der Waals surface area contributed by atoms with E-state index in [1.54, 1.807) is 11.3 Å². The van der Waals surface area contributed by atoms with Gasteiger partial charge in [-0.25, -0.2) is 4.98 Å². The summed E-state index contributed by atoms with van der Waals surface area (Å²) in [5.74, 6) is 0.0205. The number of carbonyl (C=O) groups is 1. The van der Waals surface area contributed by atoms with Crippen LogP contribution in [0.5, 0.6) is 0 Å². The number of aryl methyl sites for hydroxylation is 2. The van der Waals surface area contributed by atoms with Crippen molar-refractivity contribution in [1.29, 1.82) is 0 Å². The Morgan fingerprint density at radius 1 is 1.14 bits per heavy atom. The van der Waals surface area contributed by atoms with E-state index in [-0.39, 0.29) is 5.91 Å². The number of ether oxygens (including phenoxy) is 1. The molecule has 146 valence electrons. The molecule has 1 N–H and O–H groups in total. The lowest BCUT2D eigenvalue weighted by Gasteiger charge is -2.27. The van der Waals surface area contributed by atoms with E-state index in [0.29, 0.717) is 12.1 Å². The quantitative estimate of drug-likeness (QED) is 0.721. The number of anilines is 1. The molecule has 1 aliphatic heterocycles. The summed E-state index contributed by atoms with van der Waals surface area (Å²) < 4.78 is 6.58. The van der Waals surface area contributed by atoms with Gasteiger partial charge in [0.2, 0.25) is 0 Å². The minimum absolute atomic E-state index is 0.0205. The number of benzene rings is 2. The Morgan fingerprint density at radius 2 is 1.93 bits per heavy atom. The van der Waals surface area contributed by atoms with Crippen molar-refractivity contribution in [1.82, 2.24) is 4.98 Å². The second-order valence-electron chi connectivity index (χ2n) is 7.41. The van der Waals surface area contributed by atoms with Gasteiger partial charge in [-0.1, -0.05) is 35.1 Å². The molecule has 0 spiro atoms. The number of hydrogen-bond acceptors (Lipinski definition) is 4. The second-order valence-corrected chi connectivity index (χ2v) is 8.42. The van der Waals surface area contributed by atoms with Gasteiger partial charge in [0, 0.05) is 5.56 Å². The Kier molecular flexibility index (Phi) is 5.71. The van der Waals surface area contributed by atoms with Gasteiger partial charge in [-0.05, 0) is 43.7 Å². The monoisotopic (exact) mass is 396 g/mol. The maximum absolute atomic E-state index is 13.4. The smallest absolute Gasteiger partial charge is 0.260 e. The zero-order valence-electron chi connectivity index (χ0n) is 16.4. The Morgan fingerprint density at radius 3 is 2.71 bits per heavy atom. The molecule has 0 unspecified atom stereocenters. The summed E-state index contributed by atoms with van der Waals surface area (Å²) in [5.41, 5.74) is 3.96. The molecule has 0 bridgehead atoms. The van der Waals surface area contributed by atoms with Gasteiger partial charge in [0.1, 0.15) is 13.1 Å². The predicted molar refractivity (Wildman–Crippen MR) is 114 cm³/mol. The molecule has 1 fully saturated rings. The lowest BCUT2D eigenvalue weighted by atomic mass is 10.1. The lowest BCUT2D eigenvalue weighted by molar-refractivity contribution is -0.906. The summed E-state index contributed by atoms with van der Waals surface area (Å²) in [6, 6.07) is 14.0. The van der Waals surface area contributed by atoms with Crippen LogP contribution in [0.3, 0.4) is 0 Å². The number of aromatic nitrogens is 1. The fourth-order valence-electron chi connectivity index (χ4n) is 3.53. The maximum Gasteiger partial charge on any atom is 0.260 e. The SMILES string of the molecule is Cc1cccc(C(=O)N(CC[NH+]2CCOCC2)c2nc3ccc(C)cc3s2)c1. The first-order chi connectivity index (χ1) is 13.6. The van der Waals surface area contributed by atoms with E-state index in [0.717, 1.165) is 53.8 Å². The number of carbonyl (C=O) groups excluding carboxylic acids is 1. The molecule has 0 saturated carbocycles. The standard InChI is InChI=1S/C22H25N3O2S/c1-16-4-3-5-18(14-16)21(26)25(9-8-24-10-12-27-13-11-24)22-23-19-7-6-17(2)15-20(19)28-22/h3-7,14-15H,8-13H2,1-2H3/p+1. The summed E-state index contributed by atoms with van der Waals surface area (Å²) in [6.45, 7) is 9.21. The lowest BCUT2D eigenvalue weighted by Crippen LogP contribution is -3.14. The molecule has 0 radical (unpaired) electrons. The molecular formula is C22H26N3O2S+. The Hall–Kier alpha value is -2.28. The number of rotatable bonds is 5. The summed E-state index contributed by atoms with van der Waals surface area (Å²) in [5, 5.41) is 0.778. The molecule has 2 aromatic carbocycles. The van der Waals surface area contributed by atoms with Crippen LogP contribution in [0.15, 0.2) is 42.5 Å². The summed E-state index contributed by atoms with van der Waals surface area (Å²) >= 11 is 1.59. The van der Waals surface area contributed by atoms with E-state index in [4.69, 9.17) is 9.72 Å². The first-order valence-electron chi connectivity index (χ1n) is 9.77. The van der Waals surface area contributed by atoms with Crippen molar-refractivity contribution in [2.45, 2.75) is 13.8 Å². The van der Waals surface area contributed by atoms with Gasteiger partial charge in [-0.2, -0.15) is 0 Å². The normalized spacial score (nSPS) is 15.1. The maximum atomic E-state index is 13.4. The number of morpholine rings is 1. The highest BCUT2D eigenvalue weighted by molar-refractivity contribution is 7.22. The number of amides is 1. The van der Waals surface area contributed by atoms with E-state index < -0.39 is 0 Å². The summed E-state index contributed by atoms with van der Waals surface area (Å²) in [6.07, 6.45) is 0. The number of nitrogens with zero attached hydrogens (tertiary/aromatic N) is 2. The van der Waals surface area contributed by atoms with Crippen LogP contribution in [0.4, 0.5) is 5.13 Å². The zero-order chi connectivity index (χ0) is 19.5. The summed E-state index contributed by atoms with van der Waals surface area (Å²) in [7, 11) is 0. The van der Waals surface area contributed by atoms with E-state index in [2.05, 4.69) is 19.1 Å². The fourth-order valence-corrected chi connectivity index (χ4v) is 4.62. The number of nitrogens with one attached hydrogen (secondary N) is 1. The van der Waals surface area contributed by atoms with Crippen molar-refractivity contribution >= 4 is 32.6 Å². The molecule has 1 saturated heterocycles. The molecule has 1 amide bonds. The van der Waals surface area contributed by atoms with Gasteiger partial charge in [0.05, 0.1) is 36.5 Å². The van der Waals surface area contributed by atoms with Crippen LogP contribution in [-0.4, -0.2) is 50.3 Å². The van der Waals surface area contributed by atoms with Gasteiger partial charge in [0.15, 0.2) is 5.13 Å². The highest BCUT2D eigenvalue weighted by Gasteiger charge is 2.24. The first-order valence-corrected chi connectivity index (χ1v) is 10.6. The molecule has 4 rings (SSSR count). The number of fused-ring (bicyclic) bond motifs is 1. The van der Waals surface area contributed by atoms with Crippen LogP contribution in [0, 0.1) is 13.8 Å². The topological polar surface area (TPSA) is 46.9 Å². The molecule has 1 aliphatic rings. The first kappa shape index (κ1) is 19.1. The van der Waals surface area contributed by atoms with Crippen LogP contribution in [-0.2, 0) is 4.74 Å². The molecule has 0 aliphatic carbocycles. The molecule has 0 atom stereocenters. The van der Waals surface area contributed by atoms with Crippen molar-refractivity contribution in [2.24, 2.45) is 0 Å². The van der Waals surface area contributed by atoms with Crippen molar-refractivity contribution in [3.63, 3.8) is 0 Å². The highest BCUT2D eigenvalue weighted by Crippen LogP contribution is 2.30. The molecule has 5 nitrogen and oxygen atoms in total. The third kappa shape index (κ3) is 4.24. The summed E-state index contributed by atoms with van der Waals surface area (Å²) in [4.78, 5) is 21.5. The molecule has 6 heteroatoms. The average molecular weight is 397 g/mol. The van der Waals surface area contributed by atoms with Crippen LogP contribution < -0.4 is 9.80 Å². The van der Waals surface area contributed by atoms with Crippen LogP contribution in [0.25, 0.3) is 10.2 Å². The van der Waals surface area contributed by atoms with Crippen LogP contribution in [0.1, 0.15) is 21.5 Å². The van der Waals surface area contributed by atoms with Crippen molar-refractivity contribution < 1.29 is 14.4 Å². The van der Waals surface area contributed by atoms with Gasteiger partial charge in [-0.15, -0.1) is 0 Å². The Balaban J connectivity index is 1.63. The van der Waals surface area contributed by atoms with Crippen molar-refractivity contribution in [3.8, 4) is 0 Å². The average Bonchev–Trinajstić information content (AvgIpc) is 3.11. The van der Waals surface area contributed by atoms with Crippen molar-refractivity contribution in [2.75, 3.05) is 44.3 Å². The fraction of sp³-hybridized carbons (Fsp3) is 0.364. The number of quaternary nitrogens is 1. The second kappa shape index (κ2) is 8.39. The van der Waals surface area contributed by atoms with Crippen molar-refractivity contribution in [3.05, 3.63) is 59.2 Å². The minimum Gasteiger partial charge on any atom is -0.370 e. The minimum atomic E-state index is 0.0205. The largest absolute Gasteiger partial charge is 0.370 e. The third-order valence-corrected chi connectivity index (χ3v) is 6.20. The number of thiazole rings is 1. The third-order valence-electron chi connectivity index (χ3n) is 5.16.